The Hall–Kier alpha value is -0.0831. The molecule has 66 valence electrons. The minimum atomic E-state index is -0.835. The van der Waals surface area contributed by atoms with E-state index in [1.165, 1.54) is 6.04 Å². The average molecular weight is 171 g/mol. The van der Waals surface area contributed by atoms with Crippen LogP contribution >= 0.6 is 0 Å². The Morgan fingerprint density at radius 1 is 1.18 bits per heavy atom. The lowest BCUT2D eigenvalue weighted by molar-refractivity contribution is 0.854. The van der Waals surface area contributed by atoms with Gasteiger partial charge in [0.05, 0.1) is 0 Å². The van der Waals surface area contributed by atoms with E-state index in [0.29, 0.717) is 0 Å². The Morgan fingerprint density at radius 3 is 2.27 bits per heavy atom. The molecule has 0 aliphatic rings. The molecule has 0 saturated carbocycles. The predicted octanol–water partition coefficient (Wildman–Crippen LogP) is 2.62. The van der Waals surface area contributed by atoms with Crippen LogP contribution in [-0.2, 0) is 0 Å². The Morgan fingerprint density at radius 2 is 1.82 bits per heavy atom. The Balaban J connectivity index is 3.30. The van der Waals surface area contributed by atoms with Crippen LogP contribution in [-0.4, -0.2) is 14.6 Å². The Labute approximate surface area is 71.7 Å². The fourth-order valence-corrected chi connectivity index (χ4v) is 1.66. The van der Waals surface area contributed by atoms with Crippen molar-refractivity contribution in [2.45, 2.75) is 38.5 Å². The maximum absolute atomic E-state index is 5.37. The summed E-state index contributed by atoms with van der Waals surface area (Å²) in [6.07, 6.45) is 6.87. The minimum absolute atomic E-state index is 0.817. The monoisotopic (exact) mass is 171 g/mol. The van der Waals surface area contributed by atoms with Crippen LogP contribution in [0.4, 0.5) is 0 Å². The number of nitrogens with two attached hydrogens (primary N) is 1. The first-order valence-electron chi connectivity index (χ1n) is 4.41. The fraction of sp³-hybridized carbons (Fsp3) is 0.778. The molecule has 0 heterocycles. The highest BCUT2D eigenvalue weighted by Crippen LogP contribution is 2.08. The maximum Gasteiger partial charge on any atom is 0.0480 e. The molecular weight excluding hydrogens is 150 g/mol. The van der Waals surface area contributed by atoms with Gasteiger partial charge in [-0.3, -0.25) is 0 Å². The summed E-state index contributed by atoms with van der Waals surface area (Å²) in [7, 11) is -0.835. The highest BCUT2D eigenvalue weighted by atomic mass is 28.3. The number of rotatable bonds is 5. The van der Waals surface area contributed by atoms with Gasteiger partial charge in [-0.2, -0.15) is 0 Å². The van der Waals surface area contributed by atoms with Crippen LogP contribution in [0, 0.1) is 0 Å². The highest BCUT2D eigenvalue weighted by molar-refractivity contribution is 6.76. The quantitative estimate of drug-likeness (QED) is 0.384. The molecule has 0 amide bonds. The summed E-state index contributed by atoms with van der Waals surface area (Å²) in [6, 6.07) is 1.30. The summed E-state index contributed by atoms with van der Waals surface area (Å²) in [5.41, 5.74) is 5.37. The molecule has 0 atom stereocenters. The molecule has 0 saturated heterocycles. The molecule has 0 unspecified atom stereocenters. The van der Waals surface area contributed by atoms with Crippen molar-refractivity contribution in [3.8, 4) is 0 Å². The molecule has 0 aromatic heterocycles. The van der Waals surface area contributed by atoms with Crippen molar-refractivity contribution in [3.63, 3.8) is 0 Å². The topological polar surface area (TPSA) is 26.0 Å². The van der Waals surface area contributed by atoms with Gasteiger partial charge in [-0.1, -0.05) is 31.8 Å². The lowest BCUT2D eigenvalue weighted by Crippen LogP contribution is -2.17. The van der Waals surface area contributed by atoms with Gasteiger partial charge in [0.1, 0.15) is 0 Å². The van der Waals surface area contributed by atoms with Crippen LogP contribution in [0.2, 0.25) is 25.7 Å². The van der Waals surface area contributed by atoms with E-state index in [9.17, 15) is 0 Å². The van der Waals surface area contributed by atoms with Gasteiger partial charge < -0.3 is 5.73 Å². The zero-order chi connectivity index (χ0) is 8.74. The van der Waals surface area contributed by atoms with Crippen molar-refractivity contribution in [2.75, 3.05) is 6.54 Å². The van der Waals surface area contributed by atoms with E-state index in [0.717, 1.165) is 19.4 Å². The second-order valence-electron chi connectivity index (χ2n) is 4.17. The molecule has 1 nitrogen and oxygen atoms in total. The van der Waals surface area contributed by atoms with Gasteiger partial charge in [-0.15, -0.1) is 0 Å². The van der Waals surface area contributed by atoms with E-state index in [4.69, 9.17) is 5.73 Å². The predicted molar refractivity (Wildman–Crippen MR) is 55.6 cm³/mol. The molecule has 11 heavy (non-hydrogen) atoms. The molecule has 0 aliphatic carbocycles. The molecular formula is C9H21NSi. The normalized spacial score (nSPS) is 12.7. The average Bonchev–Trinajstić information content (AvgIpc) is 1.85. The summed E-state index contributed by atoms with van der Waals surface area (Å²) in [5.74, 6) is 0. The molecule has 0 bridgehead atoms. The summed E-state index contributed by atoms with van der Waals surface area (Å²) < 4.78 is 0. The first-order chi connectivity index (χ1) is 5.06. The van der Waals surface area contributed by atoms with E-state index in [1.807, 2.05) is 0 Å². The number of unbranched alkanes of at least 4 members (excludes halogenated alkanes) is 1. The number of hydrogen-bond acceptors (Lipinski definition) is 1. The lowest BCUT2D eigenvalue weighted by atomic mass is 10.3. The Bertz CT molecular complexity index is 113. The van der Waals surface area contributed by atoms with E-state index in [1.54, 1.807) is 0 Å². The Kier molecular flexibility index (Phi) is 5.51. The SMILES string of the molecule is C[Si](C)(C)C/C=C/CCCN. The van der Waals surface area contributed by atoms with Crippen molar-refractivity contribution in [1.29, 1.82) is 0 Å². The van der Waals surface area contributed by atoms with Gasteiger partial charge in [-0.25, -0.2) is 0 Å². The molecule has 0 fully saturated rings. The second-order valence-corrected chi connectivity index (χ2v) is 9.70. The van der Waals surface area contributed by atoms with Crippen molar-refractivity contribution in [1.82, 2.24) is 0 Å². The standard InChI is InChI=1S/C9H21NSi/c1-11(2,3)9-7-5-4-6-8-10/h5,7H,4,6,8-10H2,1-3H3/b7-5+. The van der Waals surface area contributed by atoms with Crippen molar-refractivity contribution >= 4 is 8.07 Å². The second kappa shape index (κ2) is 5.55. The van der Waals surface area contributed by atoms with Gasteiger partial charge in [-0.05, 0) is 25.4 Å². The summed E-state index contributed by atoms with van der Waals surface area (Å²) >= 11 is 0. The molecule has 0 aromatic rings. The van der Waals surface area contributed by atoms with Gasteiger partial charge in [0.2, 0.25) is 0 Å². The van der Waals surface area contributed by atoms with Crippen molar-refractivity contribution in [3.05, 3.63) is 12.2 Å². The van der Waals surface area contributed by atoms with E-state index in [2.05, 4.69) is 31.8 Å². The molecule has 0 aromatic carbocycles. The molecule has 2 heteroatoms. The van der Waals surface area contributed by atoms with Gasteiger partial charge in [0.15, 0.2) is 0 Å². The van der Waals surface area contributed by atoms with Crippen molar-refractivity contribution in [2.24, 2.45) is 5.73 Å². The van der Waals surface area contributed by atoms with Gasteiger partial charge in [0.25, 0.3) is 0 Å². The summed E-state index contributed by atoms with van der Waals surface area (Å²) in [5, 5.41) is 0. The molecule has 0 aliphatic heterocycles. The molecule has 0 radical (unpaired) electrons. The molecule has 0 rings (SSSR count). The highest BCUT2D eigenvalue weighted by Gasteiger charge is 2.08. The zero-order valence-electron chi connectivity index (χ0n) is 8.06. The van der Waals surface area contributed by atoms with Crippen LogP contribution in [0.25, 0.3) is 0 Å². The largest absolute Gasteiger partial charge is 0.330 e. The van der Waals surface area contributed by atoms with E-state index >= 15 is 0 Å². The van der Waals surface area contributed by atoms with Gasteiger partial charge in [0, 0.05) is 8.07 Å². The lowest BCUT2D eigenvalue weighted by Gasteiger charge is -2.11. The first-order valence-corrected chi connectivity index (χ1v) is 8.12. The summed E-state index contributed by atoms with van der Waals surface area (Å²) in [4.78, 5) is 0. The molecule has 0 spiro atoms. The molecule has 2 N–H and O–H groups in total. The summed E-state index contributed by atoms with van der Waals surface area (Å²) in [6.45, 7) is 7.98. The van der Waals surface area contributed by atoms with Gasteiger partial charge >= 0.3 is 0 Å². The van der Waals surface area contributed by atoms with Crippen LogP contribution < -0.4 is 5.73 Å². The first kappa shape index (κ1) is 10.9. The third-order valence-corrected chi connectivity index (χ3v) is 2.93. The number of allylic oxidation sites excluding steroid dienone is 2. The minimum Gasteiger partial charge on any atom is -0.330 e. The van der Waals surface area contributed by atoms with E-state index < -0.39 is 8.07 Å². The smallest absolute Gasteiger partial charge is 0.0480 e. The van der Waals surface area contributed by atoms with Crippen LogP contribution in [0.15, 0.2) is 12.2 Å². The van der Waals surface area contributed by atoms with Crippen LogP contribution in [0.1, 0.15) is 12.8 Å². The maximum atomic E-state index is 5.37. The van der Waals surface area contributed by atoms with E-state index in [-0.39, 0.29) is 0 Å². The fourth-order valence-electron chi connectivity index (χ4n) is 0.790. The number of hydrogen-bond donors (Lipinski definition) is 1. The van der Waals surface area contributed by atoms with Crippen molar-refractivity contribution < 1.29 is 0 Å². The van der Waals surface area contributed by atoms with Crippen LogP contribution in [0.3, 0.4) is 0 Å². The zero-order valence-corrected chi connectivity index (χ0v) is 9.06. The third kappa shape index (κ3) is 9.92. The third-order valence-electron chi connectivity index (χ3n) is 1.47. The van der Waals surface area contributed by atoms with Crippen LogP contribution in [0.5, 0.6) is 0 Å².